The number of nitrogens with two attached hydrogens (primary N) is 2. The minimum absolute atomic E-state index is 0. The first kappa shape index (κ1) is 93.6. The van der Waals surface area contributed by atoms with Gasteiger partial charge in [0, 0.05) is 0 Å². The quantitative estimate of drug-likeness (QED) is 0.291. The Bertz CT molecular complexity index is 9.65. The van der Waals surface area contributed by atoms with Crippen LogP contribution in [0, 0.1) is 7.43 Å². The van der Waals surface area contributed by atoms with E-state index in [0.29, 0.717) is 0 Å². The molecule has 0 saturated carbocycles. The first-order chi connectivity index (χ1) is 1.00. The smallest absolute Gasteiger partial charge is 1.00 e. The summed E-state index contributed by atoms with van der Waals surface area (Å²) in [5.74, 6) is 8.00. The minimum atomic E-state index is 0. The molecule has 46 valence electrons. The van der Waals surface area contributed by atoms with Gasteiger partial charge < -0.3 is 49.6 Å². The summed E-state index contributed by atoms with van der Waals surface area (Å²) in [4.78, 5) is 0. The van der Waals surface area contributed by atoms with E-state index in [1.54, 1.807) is 0 Å². The van der Waals surface area contributed by atoms with Gasteiger partial charge in [-0.05, 0) is 0 Å². The average molecular weight is 186 g/mol. The van der Waals surface area contributed by atoms with Crippen LogP contribution in [0.15, 0.2) is 0 Å². The van der Waals surface area contributed by atoms with Crippen molar-refractivity contribution in [3.8, 4) is 0 Å². The zero-order valence-electron chi connectivity index (χ0n) is 3.17. The second kappa shape index (κ2) is 224. The van der Waals surface area contributed by atoms with Gasteiger partial charge in [-0.15, -0.1) is 0 Å². The van der Waals surface area contributed by atoms with Crippen molar-refractivity contribution in [1.82, 2.24) is 0 Å². The van der Waals surface area contributed by atoms with Gasteiger partial charge in [-0.2, -0.15) is 0 Å². The summed E-state index contributed by atoms with van der Waals surface area (Å²) in [6.45, 7) is 0. The molecule has 0 aromatic carbocycles. The largest absolute Gasteiger partial charge is 4.00 e. The van der Waals surface area contributed by atoms with Crippen LogP contribution in [0.5, 0.6) is 0 Å². The monoisotopic (exact) mass is 184 g/mol. The molecule has 0 saturated heterocycles. The SMILES string of the molecule is NN.[C+4].[Cl-].[Cl-].[Cl-].[Cl-]. The minimum Gasteiger partial charge on any atom is -1.00 e. The fraction of sp³-hybridized carbons (Fsp3) is 0. The Morgan fingerprint density at radius 1 is 0.571 bits per heavy atom. The third kappa shape index (κ3) is 157. The van der Waals surface area contributed by atoms with E-state index in [9.17, 15) is 0 Å². The van der Waals surface area contributed by atoms with Gasteiger partial charge in [0.1, 0.15) is 0 Å². The zero-order chi connectivity index (χ0) is 2.00. The van der Waals surface area contributed by atoms with Gasteiger partial charge in [0.15, 0.2) is 0 Å². The zero-order valence-corrected chi connectivity index (χ0v) is 6.19. The number of rotatable bonds is 0. The van der Waals surface area contributed by atoms with Crippen LogP contribution in [0.3, 0.4) is 0 Å². The topological polar surface area (TPSA) is 52.0 Å². The van der Waals surface area contributed by atoms with Gasteiger partial charge in [-0.3, -0.25) is 11.7 Å². The van der Waals surface area contributed by atoms with Crippen molar-refractivity contribution in [1.29, 1.82) is 0 Å². The molecule has 0 aliphatic heterocycles. The van der Waals surface area contributed by atoms with E-state index < -0.39 is 0 Å². The Kier molecular flexibility index (Phi) is 3000. The van der Waals surface area contributed by atoms with E-state index >= 15 is 0 Å². The maximum Gasteiger partial charge on any atom is 4.00 e. The van der Waals surface area contributed by atoms with E-state index in [2.05, 4.69) is 11.7 Å². The molecule has 0 aromatic rings. The summed E-state index contributed by atoms with van der Waals surface area (Å²) < 4.78 is 0. The molecule has 0 bridgehead atoms. The standard InChI is InChI=1S/C.4ClH.H4N2/c;;;;;1-2/h;4*1H;1-2H2/q+4;;;;;/p-4. The van der Waals surface area contributed by atoms with Crippen molar-refractivity contribution >= 4 is 0 Å². The molecule has 0 radical (unpaired) electrons. The van der Waals surface area contributed by atoms with Crippen LogP contribution in [0.2, 0.25) is 0 Å². The first-order valence-corrected chi connectivity index (χ1v) is 0.333. The maximum absolute atomic E-state index is 4.00. The van der Waals surface area contributed by atoms with Gasteiger partial charge in [0.2, 0.25) is 0 Å². The molecular weight excluding hydrogens is 182 g/mol. The van der Waals surface area contributed by atoms with Crippen LogP contribution in [0.1, 0.15) is 0 Å². The van der Waals surface area contributed by atoms with Gasteiger partial charge in [0.25, 0.3) is 0 Å². The summed E-state index contributed by atoms with van der Waals surface area (Å²) in [5.41, 5.74) is 0. The molecule has 0 atom stereocenters. The molecule has 0 fully saturated rings. The van der Waals surface area contributed by atoms with Crippen LogP contribution in [-0.4, -0.2) is 0 Å². The molecule has 7 heavy (non-hydrogen) atoms. The van der Waals surface area contributed by atoms with Gasteiger partial charge in [-0.1, -0.05) is 0 Å². The normalized spacial score (nSPS) is 0.857. The van der Waals surface area contributed by atoms with Crippen LogP contribution < -0.4 is 61.3 Å². The van der Waals surface area contributed by atoms with E-state index in [0.717, 1.165) is 0 Å². The first-order valence-electron chi connectivity index (χ1n) is 0.333. The Labute approximate surface area is 69.0 Å². The molecule has 0 unspecified atom stereocenters. The molecule has 0 aromatic heterocycles. The molecular formula is CH4Cl4N2. The van der Waals surface area contributed by atoms with Crippen molar-refractivity contribution in [3.05, 3.63) is 7.43 Å². The van der Waals surface area contributed by atoms with Crippen molar-refractivity contribution in [3.63, 3.8) is 0 Å². The number of halogens is 4. The van der Waals surface area contributed by atoms with Crippen LogP contribution in [0.4, 0.5) is 0 Å². The fourth-order valence-corrected chi connectivity index (χ4v) is 0. The van der Waals surface area contributed by atoms with E-state index in [1.807, 2.05) is 0 Å². The molecule has 0 spiro atoms. The maximum atomic E-state index is 4.00. The van der Waals surface area contributed by atoms with Gasteiger partial charge in [0.05, 0.1) is 0 Å². The Balaban J connectivity index is -0.000000000500. The summed E-state index contributed by atoms with van der Waals surface area (Å²) in [6.07, 6.45) is 0. The van der Waals surface area contributed by atoms with Crippen LogP contribution in [0.25, 0.3) is 0 Å². The number of hydrogen-bond donors (Lipinski definition) is 2. The Hall–Kier alpha value is 1.08. The molecule has 2 nitrogen and oxygen atoms in total. The summed E-state index contributed by atoms with van der Waals surface area (Å²) in [6, 6.07) is 0. The van der Waals surface area contributed by atoms with Crippen LogP contribution in [-0.2, 0) is 0 Å². The van der Waals surface area contributed by atoms with E-state index in [1.165, 1.54) is 0 Å². The molecule has 0 heterocycles. The molecule has 0 amide bonds. The second-order valence-corrected chi connectivity index (χ2v) is 0. The predicted molar refractivity (Wildman–Crippen MR) is 11.6 cm³/mol. The molecule has 6 heteroatoms. The third-order valence-corrected chi connectivity index (χ3v) is 0. The Morgan fingerprint density at radius 2 is 0.571 bits per heavy atom. The van der Waals surface area contributed by atoms with E-state index in [-0.39, 0.29) is 57.1 Å². The number of hydrazine groups is 1. The van der Waals surface area contributed by atoms with Crippen molar-refractivity contribution in [2.24, 2.45) is 11.7 Å². The van der Waals surface area contributed by atoms with Crippen molar-refractivity contribution in [2.75, 3.05) is 0 Å². The third-order valence-electron chi connectivity index (χ3n) is 0. The van der Waals surface area contributed by atoms with Crippen molar-refractivity contribution in [2.45, 2.75) is 0 Å². The molecule has 0 aliphatic rings. The van der Waals surface area contributed by atoms with Crippen molar-refractivity contribution < 1.29 is 49.6 Å². The van der Waals surface area contributed by atoms with Gasteiger partial charge in [-0.25, -0.2) is 0 Å². The average Bonchev–Trinajstić information content (AvgIpc) is 1.00. The summed E-state index contributed by atoms with van der Waals surface area (Å²) >= 11 is 0. The second-order valence-electron chi connectivity index (χ2n) is 0. The summed E-state index contributed by atoms with van der Waals surface area (Å²) in [5, 5.41) is 0. The molecule has 0 rings (SSSR count). The predicted octanol–water partition coefficient (Wildman–Crippen LogP) is -13.1. The van der Waals surface area contributed by atoms with E-state index in [4.69, 9.17) is 0 Å². The molecule has 4 N–H and O–H groups in total. The number of hydrogen-bond acceptors (Lipinski definition) is 2. The summed E-state index contributed by atoms with van der Waals surface area (Å²) in [7, 11) is 0. The van der Waals surface area contributed by atoms with Gasteiger partial charge >= 0.3 is 7.43 Å². The Morgan fingerprint density at radius 3 is 0.571 bits per heavy atom. The fourth-order valence-electron chi connectivity index (χ4n) is 0. The molecule has 0 aliphatic carbocycles. The van der Waals surface area contributed by atoms with Crippen LogP contribution >= 0.6 is 0 Å².